The van der Waals surface area contributed by atoms with Crippen molar-refractivity contribution in [2.24, 2.45) is 17.3 Å². The monoisotopic (exact) mass is 298 g/mol. The lowest BCUT2D eigenvalue weighted by Crippen LogP contribution is -2.52. The van der Waals surface area contributed by atoms with Crippen LogP contribution in [0.3, 0.4) is 0 Å². The molecule has 1 rings (SSSR count). The van der Waals surface area contributed by atoms with Gasteiger partial charge in [-0.15, -0.1) is 0 Å². The number of likely N-dealkylation sites (tertiary alicyclic amines) is 1. The van der Waals surface area contributed by atoms with Crippen LogP contribution in [0, 0.1) is 17.3 Å². The Labute approximate surface area is 128 Å². The number of amides is 1. The number of rotatable bonds is 6. The summed E-state index contributed by atoms with van der Waals surface area (Å²) < 4.78 is 0. The quantitative estimate of drug-likeness (QED) is 0.786. The van der Waals surface area contributed by atoms with Gasteiger partial charge in [0.15, 0.2) is 0 Å². The van der Waals surface area contributed by atoms with E-state index in [2.05, 4.69) is 17.1 Å². The summed E-state index contributed by atoms with van der Waals surface area (Å²) in [5.41, 5.74) is -0.580. The fourth-order valence-electron chi connectivity index (χ4n) is 2.70. The Morgan fingerprint density at radius 3 is 2.24 bits per heavy atom. The van der Waals surface area contributed by atoms with Crippen LogP contribution in [0.1, 0.15) is 47.5 Å². The average molecular weight is 298 g/mol. The Morgan fingerprint density at radius 1 is 1.29 bits per heavy atom. The Kier molecular flexibility index (Phi) is 6.20. The molecule has 1 saturated heterocycles. The van der Waals surface area contributed by atoms with Crippen LogP contribution in [0.25, 0.3) is 0 Å². The molecular formula is C16H30N2O3. The summed E-state index contributed by atoms with van der Waals surface area (Å²) in [5, 5.41) is 11.9. The first-order valence-electron chi connectivity index (χ1n) is 7.89. The van der Waals surface area contributed by atoms with Gasteiger partial charge in [-0.05, 0) is 51.6 Å². The van der Waals surface area contributed by atoms with Crippen LogP contribution < -0.4 is 5.32 Å². The standard InChI is InChI=1S/C16H30N2O3/c1-11(2)13(14(19)20)17-15(21)16(4,5)10-18-8-6-12(3)7-9-18/h11-13H,6-10H2,1-5H3,(H,17,21)(H,19,20). The lowest BCUT2D eigenvalue weighted by atomic mass is 9.88. The maximum absolute atomic E-state index is 12.4. The second-order valence-electron chi connectivity index (χ2n) is 7.38. The van der Waals surface area contributed by atoms with E-state index < -0.39 is 17.4 Å². The highest BCUT2D eigenvalue weighted by Crippen LogP contribution is 2.23. The van der Waals surface area contributed by atoms with E-state index >= 15 is 0 Å². The summed E-state index contributed by atoms with van der Waals surface area (Å²) in [6.45, 7) is 12.4. The first-order chi connectivity index (χ1) is 9.63. The van der Waals surface area contributed by atoms with E-state index in [1.807, 2.05) is 13.8 Å². The van der Waals surface area contributed by atoms with Crippen molar-refractivity contribution in [3.63, 3.8) is 0 Å². The normalized spacial score (nSPS) is 19.5. The van der Waals surface area contributed by atoms with Gasteiger partial charge < -0.3 is 15.3 Å². The molecular weight excluding hydrogens is 268 g/mol. The minimum atomic E-state index is -0.971. The number of carbonyl (C=O) groups excluding carboxylic acids is 1. The molecule has 0 bridgehead atoms. The molecule has 2 N–H and O–H groups in total. The van der Waals surface area contributed by atoms with Gasteiger partial charge in [0, 0.05) is 6.54 Å². The Morgan fingerprint density at radius 2 is 1.81 bits per heavy atom. The SMILES string of the molecule is CC1CCN(CC(C)(C)C(=O)NC(C(=O)O)C(C)C)CC1. The molecule has 1 aliphatic heterocycles. The molecule has 1 amide bonds. The molecule has 1 aliphatic rings. The van der Waals surface area contributed by atoms with Gasteiger partial charge in [-0.2, -0.15) is 0 Å². The zero-order valence-corrected chi connectivity index (χ0v) is 14.0. The van der Waals surface area contributed by atoms with Crippen LogP contribution in [0.5, 0.6) is 0 Å². The summed E-state index contributed by atoms with van der Waals surface area (Å²) in [4.78, 5) is 25.9. The van der Waals surface area contributed by atoms with Gasteiger partial charge in [-0.25, -0.2) is 4.79 Å². The van der Waals surface area contributed by atoms with Crippen LogP contribution in [0.2, 0.25) is 0 Å². The lowest BCUT2D eigenvalue weighted by molar-refractivity contribution is -0.145. The highest BCUT2D eigenvalue weighted by molar-refractivity contribution is 5.87. The van der Waals surface area contributed by atoms with Crippen molar-refractivity contribution in [2.45, 2.75) is 53.5 Å². The lowest BCUT2D eigenvalue weighted by Gasteiger charge is -2.36. The van der Waals surface area contributed by atoms with Crippen molar-refractivity contribution in [1.29, 1.82) is 0 Å². The molecule has 1 atom stereocenters. The molecule has 0 saturated carbocycles. The minimum absolute atomic E-state index is 0.127. The predicted octanol–water partition coefficient (Wildman–Crippen LogP) is 1.97. The molecule has 1 unspecified atom stereocenters. The number of carboxylic acid groups (broad SMARTS) is 1. The van der Waals surface area contributed by atoms with Gasteiger partial charge in [0.2, 0.25) is 5.91 Å². The van der Waals surface area contributed by atoms with Crippen LogP contribution in [-0.4, -0.2) is 47.6 Å². The van der Waals surface area contributed by atoms with Crippen molar-refractivity contribution < 1.29 is 14.7 Å². The minimum Gasteiger partial charge on any atom is -0.480 e. The van der Waals surface area contributed by atoms with Crippen LogP contribution >= 0.6 is 0 Å². The number of carboxylic acids is 1. The first kappa shape index (κ1) is 18.0. The number of carbonyl (C=O) groups is 2. The molecule has 122 valence electrons. The van der Waals surface area contributed by atoms with Crippen molar-refractivity contribution in [3.05, 3.63) is 0 Å². The van der Waals surface area contributed by atoms with Crippen molar-refractivity contribution >= 4 is 11.9 Å². The molecule has 1 fully saturated rings. The summed E-state index contributed by atoms with van der Waals surface area (Å²) in [6, 6.07) is -0.821. The van der Waals surface area contributed by atoms with Gasteiger partial charge in [0.25, 0.3) is 0 Å². The molecule has 1 heterocycles. The summed E-state index contributed by atoms with van der Waals surface area (Å²) >= 11 is 0. The summed E-state index contributed by atoms with van der Waals surface area (Å²) in [7, 11) is 0. The number of hydrogen-bond donors (Lipinski definition) is 2. The summed E-state index contributed by atoms with van der Waals surface area (Å²) in [5.74, 6) is -0.517. The predicted molar refractivity (Wildman–Crippen MR) is 83.0 cm³/mol. The van der Waals surface area contributed by atoms with E-state index in [1.54, 1.807) is 13.8 Å². The third kappa shape index (κ3) is 5.30. The number of nitrogens with one attached hydrogen (secondary N) is 1. The van der Waals surface area contributed by atoms with Gasteiger partial charge in [-0.1, -0.05) is 20.8 Å². The van der Waals surface area contributed by atoms with E-state index in [9.17, 15) is 14.7 Å². The summed E-state index contributed by atoms with van der Waals surface area (Å²) in [6.07, 6.45) is 2.34. The molecule has 21 heavy (non-hydrogen) atoms. The largest absolute Gasteiger partial charge is 0.480 e. The third-order valence-corrected chi connectivity index (χ3v) is 4.33. The van der Waals surface area contributed by atoms with Crippen molar-refractivity contribution in [1.82, 2.24) is 10.2 Å². The molecule has 5 nitrogen and oxygen atoms in total. The molecule has 0 aromatic heterocycles. The van der Waals surface area contributed by atoms with Crippen LogP contribution in [0.4, 0.5) is 0 Å². The maximum Gasteiger partial charge on any atom is 0.326 e. The Hall–Kier alpha value is -1.10. The molecule has 5 heteroatoms. The van der Waals surface area contributed by atoms with Gasteiger partial charge in [-0.3, -0.25) is 4.79 Å². The first-order valence-corrected chi connectivity index (χ1v) is 7.89. The molecule has 0 spiro atoms. The smallest absolute Gasteiger partial charge is 0.326 e. The van der Waals surface area contributed by atoms with Crippen LogP contribution in [0.15, 0.2) is 0 Å². The number of aliphatic carboxylic acids is 1. The topological polar surface area (TPSA) is 69.6 Å². The fourth-order valence-corrected chi connectivity index (χ4v) is 2.70. The van der Waals surface area contributed by atoms with Crippen molar-refractivity contribution in [2.75, 3.05) is 19.6 Å². The van der Waals surface area contributed by atoms with Gasteiger partial charge in [0.1, 0.15) is 6.04 Å². The van der Waals surface area contributed by atoms with Crippen molar-refractivity contribution in [3.8, 4) is 0 Å². The van der Waals surface area contributed by atoms with E-state index in [0.717, 1.165) is 19.0 Å². The second-order valence-corrected chi connectivity index (χ2v) is 7.38. The Balaban J connectivity index is 2.60. The number of piperidine rings is 1. The highest BCUT2D eigenvalue weighted by Gasteiger charge is 2.34. The van der Waals surface area contributed by atoms with E-state index in [0.29, 0.717) is 6.54 Å². The fraction of sp³-hybridized carbons (Fsp3) is 0.875. The zero-order valence-electron chi connectivity index (χ0n) is 14.0. The Bertz CT molecular complexity index is 372. The third-order valence-electron chi connectivity index (χ3n) is 4.33. The zero-order chi connectivity index (χ0) is 16.2. The highest BCUT2D eigenvalue weighted by atomic mass is 16.4. The molecule has 0 aliphatic carbocycles. The van der Waals surface area contributed by atoms with E-state index in [1.165, 1.54) is 12.8 Å². The maximum atomic E-state index is 12.4. The second kappa shape index (κ2) is 7.25. The number of nitrogens with zero attached hydrogens (tertiary/aromatic N) is 1. The molecule has 0 aromatic carbocycles. The molecule has 0 aromatic rings. The van der Waals surface area contributed by atoms with Gasteiger partial charge in [0.05, 0.1) is 5.41 Å². The van der Waals surface area contributed by atoms with E-state index in [-0.39, 0.29) is 11.8 Å². The van der Waals surface area contributed by atoms with Crippen LogP contribution in [-0.2, 0) is 9.59 Å². The van der Waals surface area contributed by atoms with E-state index in [4.69, 9.17) is 0 Å². The van der Waals surface area contributed by atoms with Gasteiger partial charge >= 0.3 is 5.97 Å². The molecule has 0 radical (unpaired) electrons. The average Bonchev–Trinajstić information content (AvgIpc) is 2.37. The number of hydrogen-bond acceptors (Lipinski definition) is 3.